The molecule has 0 aliphatic carbocycles. The highest BCUT2D eigenvalue weighted by Crippen LogP contribution is 2.24. The van der Waals surface area contributed by atoms with Crippen LogP contribution in [0.15, 0.2) is 48.8 Å². The number of aromatic nitrogens is 3. The van der Waals surface area contributed by atoms with Gasteiger partial charge in [0.25, 0.3) is 0 Å². The number of nitrogens with two attached hydrogens (primary N) is 1. The fourth-order valence-electron chi connectivity index (χ4n) is 1.77. The summed E-state index contributed by atoms with van der Waals surface area (Å²) in [4.78, 5) is 4.20. The van der Waals surface area contributed by atoms with Crippen LogP contribution >= 0.6 is 0 Å². The van der Waals surface area contributed by atoms with E-state index in [9.17, 15) is 0 Å². The van der Waals surface area contributed by atoms with Crippen molar-refractivity contribution in [3.63, 3.8) is 0 Å². The van der Waals surface area contributed by atoms with Crippen LogP contribution in [0.2, 0.25) is 0 Å². The van der Waals surface area contributed by atoms with E-state index in [1.165, 1.54) is 0 Å². The number of nitrogen functional groups attached to an aromatic ring is 1. The molecule has 16 heavy (non-hydrogen) atoms. The fraction of sp³-hybridized carbons (Fsp3) is 0. The molecule has 0 amide bonds. The minimum atomic E-state index is 0.627. The quantitative estimate of drug-likeness (QED) is 0.668. The zero-order chi connectivity index (χ0) is 11.0. The lowest BCUT2D eigenvalue weighted by molar-refractivity contribution is 0.951. The van der Waals surface area contributed by atoms with Crippen molar-refractivity contribution in [3.8, 4) is 11.3 Å². The Labute approximate surface area is 92.4 Å². The van der Waals surface area contributed by atoms with Gasteiger partial charge in [-0.1, -0.05) is 30.3 Å². The number of nitrogens with zero attached hydrogens (tertiary/aromatic N) is 3. The van der Waals surface area contributed by atoms with E-state index in [4.69, 9.17) is 5.73 Å². The van der Waals surface area contributed by atoms with Crippen molar-refractivity contribution in [1.82, 2.24) is 14.6 Å². The lowest BCUT2D eigenvalue weighted by Crippen LogP contribution is -2.01. The van der Waals surface area contributed by atoms with Crippen LogP contribution in [0.1, 0.15) is 0 Å². The van der Waals surface area contributed by atoms with E-state index in [0.717, 1.165) is 16.9 Å². The molecule has 0 saturated heterocycles. The molecule has 2 aromatic heterocycles. The SMILES string of the molecule is Nc1cnc2ccnn2c1-c1ccccc1. The van der Waals surface area contributed by atoms with Gasteiger partial charge in [0.1, 0.15) is 0 Å². The lowest BCUT2D eigenvalue weighted by atomic mass is 10.1. The molecule has 2 heterocycles. The Bertz CT molecular complexity index is 628. The molecule has 0 spiro atoms. The molecule has 0 atom stereocenters. The van der Waals surface area contributed by atoms with Crippen molar-refractivity contribution >= 4 is 11.3 Å². The van der Waals surface area contributed by atoms with E-state index in [0.29, 0.717) is 5.69 Å². The lowest BCUT2D eigenvalue weighted by Gasteiger charge is -2.07. The zero-order valence-electron chi connectivity index (χ0n) is 8.54. The first-order chi connectivity index (χ1) is 7.86. The predicted molar refractivity (Wildman–Crippen MR) is 62.8 cm³/mol. The van der Waals surface area contributed by atoms with Crippen LogP contribution in [-0.4, -0.2) is 14.6 Å². The van der Waals surface area contributed by atoms with Crippen molar-refractivity contribution in [1.29, 1.82) is 0 Å². The van der Waals surface area contributed by atoms with Gasteiger partial charge in [-0.3, -0.25) is 0 Å². The minimum Gasteiger partial charge on any atom is -0.396 e. The molecule has 4 heteroatoms. The third-order valence-electron chi connectivity index (χ3n) is 2.49. The number of hydrogen-bond donors (Lipinski definition) is 1. The summed E-state index contributed by atoms with van der Waals surface area (Å²) < 4.78 is 1.75. The van der Waals surface area contributed by atoms with Gasteiger partial charge in [0.05, 0.1) is 23.8 Å². The number of rotatable bonds is 1. The third-order valence-corrected chi connectivity index (χ3v) is 2.49. The Morgan fingerprint density at radius 3 is 2.69 bits per heavy atom. The second kappa shape index (κ2) is 3.34. The highest BCUT2D eigenvalue weighted by molar-refractivity contribution is 5.74. The van der Waals surface area contributed by atoms with E-state index in [1.54, 1.807) is 16.9 Å². The van der Waals surface area contributed by atoms with Crippen molar-refractivity contribution < 1.29 is 0 Å². The van der Waals surface area contributed by atoms with Crippen molar-refractivity contribution in [2.45, 2.75) is 0 Å². The minimum absolute atomic E-state index is 0.627. The topological polar surface area (TPSA) is 56.2 Å². The predicted octanol–water partition coefficient (Wildman–Crippen LogP) is 1.98. The van der Waals surface area contributed by atoms with Gasteiger partial charge in [0.2, 0.25) is 0 Å². The molecule has 0 fully saturated rings. The van der Waals surface area contributed by atoms with Gasteiger partial charge in [-0.2, -0.15) is 5.10 Å². The molecule has 4 nitrogen and oxygen atoms in total. The smallest absolute Gasteiger partial charge is 0.155 e. The first-order valence-corrected chi connectivity index (χ1v) is 5.00. The maximum absolute atomic E-state index is 5.95. The van der Waals surface area contributed by atoms with Gasteiger partial charge in [0.15, 0.2) is 5.65 Å². The Kier molecular flexibility index (Phi) is 1.86. The molecule has 0 unspecified atom stereocenters. The standard InChI is InChI=1S/C12H10N4/c13-10-8-14-11-6-7-15-16(11)12(10)9-4-2-1-3-5-9/h1-8H,13H2. The first kappa shape index (κ1) is 8.91. The van der Waals surface area contributed by atoms with Gasteiger partial charge < -0.3 is 5.73 Å². The number of benzene rings is 1. The van der Waals surface area contributed by atoms with Gasteiger partial charge in [-0.15, -0.1) is 0 Å². The summed E-state index contributed by atoms with van der Waals surface area (Å²) in [7, 11) is 0. The molecular formula is C12H10N4. The van der Waals surface area contributed by atoms with E-state index in [2.05, 4.69) is 10.1 Å². The Hall–Kier alpha value is -2.36. The Balaban J connectivity index is 2.38. The maximum Gasteiger partial charge on any atom is 0.155 e. The fourth-order valence-corrected chi connectivity index (χ4v) is 1.77. The van der Waals surface area contributed by atoms with Gasteiger partial charge in [0, 0.05) is 11.6 Å². The Morgan fingerprint density at radius 1 is 1.06 bits per heavy atom. The van der Waals surface area contributed by atoms with Gasteiger partial charge in [-0.05, 0) is 0 Å². The van der Waals surface area contributed by atoms with Crippen LogP contribution in [0, 0.1) is 0 Å². The van der Waals surface area contributed by atoms with Crippen LogP contribution in [0.25, 0.3) is 16.9 Å². The first-order valence-electron chi connectivity index (χ1n) is 5.00. The highest BCUT2D eigenvalue weighted by Gasteiger charge is 2.08. The van der Waals surface area contributed by atoms with Crippen molar-refractivity contribution in [2.24, 2.45) is 0 Å². The molecular weight excluding hydrogens is 200 g/mol. The molecule has 0 bridgehead atoms. The van der Waals surface area contributed by atoms with Crippen molar-refractivity contribution in [3.05, 3.63) is 48.8 Å². The monoisotopic (exact) mass is 210 g/mol. The van der Waals surface area contributed by atoms with E-state index in [-0.39, 0.29) is 0 Å². The molecule has 0 radical (unpaired) electrons. The summed E-state index contributed by atoms with van der Waals surface area (Å²) in [5.74, 6) is 0. The van der Waals surface area contributed by atoms with Gasteiger partial charge >= 0.3 is 0 Å². The number of anilines is 1. The summed E-state index contributed by atoms with van der Waals surface area (Å²) in [5, 5.41) is 4.23. The van der Waals surface area contributed by atoms with Crippen LogP contribution in [0.3, 0.4) is 0 Å². The van der Waals surface area contributed by atoms with Crippen LogP contribution in [0.4, 0.5) is 5.69 Å². The van der Waals surface area contributed by atoms with Crippen LogP contribution in [-0.2, 0) is 0 Å². The van der Waals surface area contributed by atoms with Crippen LogP contribution in [0.5, 0.6) is 0 Å². The van der Waals surface area contributed by atoms with Crippen LogP contribution < -0.4 is 5.73 Å². The Morgan fingerprint density at radius 2 is 1.88 bits per heavy atom. The molecule has 3 aromatic rings. The van der Waals surface area contributed by atoms with Gasteiger partial charge in [-0.25, -0.2) is 9.50 Å². The third kappa shape index (κ3) is 1.24. The largest absolute Gasteiger partial charge is 0.396 e. The average Bonchev–Trinajstić information content (AvgIpc) is 2.78. The highest BCUT2D eigenvalue weighted by atomic mass is 15.3. The van der Waals surface area contributed by atoms with E-state index in [1.807, 2.05) is 36.4 Å². The van der Waals surface area contributed by atoms with Crippen molar-refractivity contribution in [2.75, 3.05) is 5.73 Å². The van der Waals surface area contributed by atoms with E-state index < -0.39 is 0 Å². The summed E-state index contributed by atoms with van der Waals surface area (Å²) in [6.07, 6.45) is 3.38. The number of fused-ring (bicyclic) bond motifs is 1. The summed E-state index contributed by atoms with van der Waals surface area (Å²) in [5.41, 5.74) is 9.30. The maximum atomic E-state index is 5.95. The molecule has 3 rings (SSSR count). The number of hydrogen-bond acceptors (Lipinski definition) is 3. The normalized spacial score (nSPS) is 10.8. The zero-order valence-corrected chi connectivity index (χ0v) is 8.54. The summed E-state index contributed by atoms with van der Waals surface area (Å²) in [6.45, 7) is 0. The molecule has 0 saturated carbocycles. The molecule has 0 aliphatic heterocycles. The second-order valence-electron chi connectivity index (χ2n) is 3.53. The molecule has 2 N–H and O–H groups in total. The summed E-state index contributed by atoms with van der Waals surface area (Å²) in [6, 6.07) is 11.8. The average molecular weight is 210 g/mol. The molecule has 0 aliphatic rings. The summed E-state index contributed by atoms with van der Waals surface area (Å²) >= 11 is 0. The van der Waals surface area contributed by atoms with E-state index >= 15 is 0 Å². The second-order valence-corrected chi connectivity index (χ2v) is 3.53. The molecule has 78 valence electrons. The molecule has 1 aromatic carbocycles.